The molecule has 2 spiro atoms. The molecule has 7 rings (SSSR count). The number of carboxylic acids is 1. The van der Waals surface area contributed by atoms with Crippen molar-refractivity contribution in [3.05, 3.63) is 28.8 Å². The molecule has 3 heterocycles. The van der Waals surface area contributed by atoms with Gasteiger partial charge in [0.05, 0.1) is 24.2 Å². The molecule has 0 amide bonds. The summed E-state index contributed by atoms with van der Waals surface area (Å²) in [4.78, 5) is 14.5. The number of fused-ring (bicyclic) bond motifs is 1. The Hall–Kier alpha value is -1.67. The molecule has 3 aliphatic heterocycles. The van der Waals surface area contributed by atoms with E-state index in [0.29, 0.717) is 31.8 Å². The van der Waals surface area contributed by atoms with E-state index in [0.717, 1.165) is 43.0 Å². The predicted octanol–water partition coefficient (Wildman–Crippen LogP) is 1.69. The fourth-order valence-electron chi connectivity index (χ4n) is 7.39. The molecule has 2 unspecified atom stereocenters. The highest BCUT2D eigenvalue weighted by Crippen LogP contribution is 2.67. The minimum Gasteiger partial charge on any atom is -0.482 e. The average molecular weight is 413 g/mol. The van der Waals surface area contributed by atoms with Crippen LogP contribution >= 0.6 is 0 Å². The number of nitrogens with zero attached hydrogens (tertiary/aromatic N) is 1. The monoisotopic (exact) mass is 413 g/mol. The van der Waals surface area contributed by atoms with Gasteiger partial charge in [-0.2, -0.15) is 0 Å². The Labute approximate surface area is 174 Å². The van der Waals surface area contributed by atoms with Crippen molar-refractivity contribution < 1.29 is 29.2 Å². The van der Waals surface area contributed by atoms with Crippen molar-refractivity contribution in [3.8, 4) is 5.75 Å². The summed E-state index contributed by atoms with van der Waals surface area (Å²) in [5.41, 5.74) is 0.542. The highest BCUT2D eigenvalue weighted by atomic mass is 16.8. The number of aliphatic hydroxyl groups is 1. The number of likely N-dealkylation sites (tertiary alicyclic amines) is 1. The first-order valence-electron chi connectivity index (χ1n) is 11.3. The van der Waals surface area contributed by atoms with Crippen LogP contribution in [0.25, 0.3) is 0 Å². The van der Waals surface area contributed by atoms with Crippen molar-refractivity contribution in [2.24, 2.45) is 5.92 Å². The van der Waals surface area contributed by atoms with Gasteiger partial charge >= 0.3 is 5.97 Å². The van der Waals surface area contributed by atoms with Crippen molar-refractivity contribution in [3.63, 3.8) is 0 Å². The first-order valence-corrected chi connectivity index (χ1v) is 11.3. The molecule has 2 bridgehead atoms. The molecule has 3 aliphatic carbocycles. The van der Waals surface area contributed by atoms with Gasteiger partial charge in [0.2, 0.25) is 5.79 Å². The zero-order valence-corrected chi connectivity index (χ0v) is 16.9. The minimum atomic E-state index is -0.998. The highest BCUT2D eigenvalue weighted by Gasteiger charge is 2.77. The number of hydrogen-bond acceptors (Lipinski definition) is 6. The van der Waals surface area contributed by atoms with Crippen molar-refractivity contribution in [2.45, 2.75) is 67.5 Å². The number of rotatable bonds is 3. The molecule has 2 saturated heterocycles. The average Bonchev–Trinajstić information content (AvgIpc) is 3.28. The minimum absolute atomic E-state index is 0.0193. The zero-order chi connectivity index (χ0) is 20.3. The number of benzene rings is 1. The second-order valence-electron chi connectivity index (χ2n) is 10.1. The van der Waals surface area contributed by atoms with E-state index in [1.54, 1.807) is 6.07 Å². The van der Waals surface area contributed by atoms with E-state index < -0.39 is 28.9 Å². The second-order valence-corrected chi connectivity index (χ2v) is 10.1. The number of carbonyl (C=O) groups is 1. The maximum atomic E-state index is 12.4. The van der Waals surface area contributed by atoms with Crippen molar-refractivity contribution in [2.75, 3.05) is 26.3 Å². The van der Waals surface area contributed by atoms with Crippen LogP contribution in [-0.2, 0) is 21.3 Å². The Bertz CT molecular complexity index is 953. The van der Waals surface area contributed by atoms with Gasteiger partial charge in [0, 0.05) is 24.6 Å². The van der Waals surface area contributed by atoms with Gasteiger partial charge in [0.1, 0.15) is 11.3 Å². The molecule has 30 heavy (non-hydrogen) atoms. The van der Waals surface area contributed by atoms with E-state index in [-0.39, 0.29) is 11.6 Å². The first kappa shape index (κ1) is 18.0. The third-order valence-corrected chi connectivity index (χ3v) is 8.79. The summed E-state index contributed by atoms with van der Waals surface area (Å²) in [5.74, 6) is -0.723. The lowest BCUT2D eigenvalue weighted by molar-refractivity contribution is -0.296. The zero-order valence-electron chi connectivity index (χ0n) is 16.9. The molecule has 7 nitrogen and oxygen atoms in total. The van der Waals surface area contributed by atoms with Crippen LogP contribution in [0.2, 0.25) is 0 Å². The summed E-state index contributed by atoms with van der Waals surface area (Å²) in [6.07, 6.45) is 4.65. The number of aromatic carboxylic acids is 1. The van der Waals surface area contributed by atoms with Crippen LogP contribution in [0.5, 0.6) is 5.75 Å². The van der Waals surface area contributed by atoms with E-state index in [2.05, 4.69) is 4.90 Å². The predicted molar refractivity (Wildman–Crippen MR) is 105 cm³/mol. The lowest BCUT2D eigenvalue weighted by Crippen LogP contribution is -2.79. The number of carboxylic acid groups (broad SMARTS) is 1. The van der Waals surface area contributed by atoms with Crippen molar-refractivity contribution in [1.29, 1.82) is 0 Å². The van der Waals surface area contributed by atoms with Crippen molar-refractivity contribution >= 4 is 5.97 Å². The molecular weight excluding hydrogens is 386 g/mol. The van der Waals surface area contributed by atoms with E-state index in [4.69, 9.17) is 14.2 Å². The summed E-state index contributed by atoms with van der Waals surface area (Å²) in [7, 11) is 0. The summed E-state index contributed by atoms with van der Waals surface area (Å²) in [6, 6.07) is 3.63. The van der Waals surface area contributed by atoms with Crippen LogP contribution in [0.15, 0.2) is 12.1 Å². The van der Waals surface area contributed by atoms with Crippen molar-refractivity contribution in [1.82, 2.24) is 4.90 Å². The standard InChI is InChI=1S/C23H27NO6/c25-19(26)15-4-3-14-11-16-22(27)5-6-23(28-9-10-29-23)20-21(22,17(14)18(15)30-20)7-8-24(16)12-13-1-2-13/h3-4,13,16,20,27H,1-2,5-12H2,(H,25,26)/t16-,20?,21+,22?/m1/s1. The smallest absolute Gasteiger partial charge is 0.339 e. The first-order chi connectivity index (χ1) is 14.5. The van der Waals surface area contributed by atoms with Crippen LogP contribution in [0.1, 0.15) is 53.6 Å². The fourth-order valence-corrected chi connectivity index (χ4v) is 7.39. The Balaban J connectivity index is 1.46. The summed E-state index contributed by atoms with van der Waals surface area (Å²) < 4.78 is 18.8. The maximum absolute atomic E-state index is 12.4. The van der Waals surface area contributed by atoms with Gasteiger partial charge < -0.3 is 24.4 Å². The molecule has 4 fully saturated rings. The molecule has 160 valence electrons. The number of hydrogen-bond donors (Lipinski definition) is 2. The van der Waals surface area contributed by atoms with E-state index in [1.807, 2.05) is 6.07 Å². The molecule has 0 aromatic heterocycles. The van der Waals surface area contributed by atoms with E-state index >= 15 is 0 Å². The van der Waals surface area contributed by atoms with E-state index in [1.165, 1.54) is 12.8 Å². The Morgan fingerprint density at radius 3 is 2.70 bits per heavy atom. The van der Waals surface area contributed by atoms with Gasteiger partial charge in [0.15, 0.2) is 6.10 Å². The van der Waals surface area contributed by atoms with Gasteiger partial charge in [-0.1, -0.05) is 6.07 Å². The molecule has 2 N–H and O–H groups in total. The summed E-state index contributed by atoms with van der Waals surface area (Å²) in [6.45, 7) is 2.93. The van der Waals surface area contributed by atoms with Gasteiger partial charge in [-0.3, -0.25) is 4.90 Å². The third-order valence-electron chi connectivity index (χ3n) is 8.79. The Morgan fingerprint density at radius 2 is 1.97 bits per heavy atom. The lowest BCUT2D eigenvalue weighted by atomic mass is 9.48. The number of piperidine rings is 1. The van der Waals surface area contributed by atoms with Gasteiger partial charge in [-0.15, -0.1) is 0 Å². The fraction of sp³-hybridized carbons (Fsp3) is 0.696. The summed E-state index contributed by atoms with van der Waals surface area (Å²) >= 11 is 0. The molecule has 2 saturated carbocycles. The topological polar surface area (TPSA) is 88.5 Å². The van der Waals surface area contributed by atoms with Crippen LogP contribution in [-0.4, -0.2) is 70.9 Å². The molecule has 6 aliphatic rings. The Morgan fingerprint density at radius 1 is 1.17 bits per heavy atom. The normalized spacial score (nSPS) is 40.3. The lowest BCUT2D eigenvalue weighted by Gasteiger charge is -2.65. The molecule has 0 radical (unpaired) electrons. The summed E-state index contributed by atoms with van der Waals surface area (Å²) in [5, 5.41) is 22.2. The van der Waals surface area contributed by atoms with Crippen LogP contribution in [0.4, 0.5) is 0 Å². The number of ether oxygens (including phenoxy) is 3. The van der Waals surface area contributed by atoms with Crippen LogP contribution in [0, 0.1) is 5.92 Å². The van der Waals surface area contributed by atoms with E-state index in [9.17, 15) is 15.0 Å². The SMILES string of the molecule is O=C(O)c1ccc2c3c1OC1C4(CCC5(O)[C@@H](C2)N(CC2CC2)CC[C@]315)OCCO4. The Kier molecular flexibility index (Phi) is 3.33. The van der Waals surface area contributed by atoms with Crippen LogP contribution in [0.3, 0.4) is 0 Å². The molecule has 1 aromatic carbocycles. The maximum Gasteiger partial charge on any atom is 0.339 e. The molecule has 4 atom stereocenters. The van der Waals surface area contributed by atoms with Gasteiger partial charge in [-0.05, 0) is 56.2 Å². The largest absolute Gasteiger partial charge is 0.482 e. The molecular formula is C23H27NO6. The third kappa shape index (κ3) is 1.94. The van der Waals surface area contributed by atoms with Gasteiger partial charge in [0.25, 0.3) is 0 Å². The van der Waals surface area contributed by atoms with Crippen LogP contribution < -0.4 is 4.74 Å². The molecule has 7 heteroatoms. The highest BCUT2D eigenvalue weighted by molar-refractivity contribution is 5.92. The van der Waals surface area contributed by atoms with Gasteiger partial charge in [-0.25, -0.2) is 4.79 Å². The molecule has 1 aromatic rings. The second kappa shape index (κ2) is 5.57. The quantitative estimate of drug-likeness (QED) is 0.780.